The SMILES string of the molecule is Oc1cccc(O)c1-c1nc(-c2ccc(F)cn2)no1. The molecule has 0 amide bonds. The number of phenolic OH excluding ortho intramolecular Hbond substituents is 2. The monoisotopic (exact) mass is 273 g/mol. The van der Waals surface area contributed by atoms with Crippen LogP contribution in [0.1, 0.15) is 0 Å². The molecule has 0 bridgehead atoms. The molecular formula is C13H8FN3O3. The summed E-state index contributed by atoms with van der Waals surface area (Å²) in [6.07, 6.45) is 1.03. The third kappa shape index (κ3) is 2.05. The average molecular weight is 273 g/mol. The molecule has 0 aliphatic carbocycles. The molecule has 0 fully saturated rings. The predicted octanol–water partition coefficient (Wildman–Crippen LogP) is 2.35. The molecule has 0 saturated carbocycles. The first-order chi connectivity index (χ1) is 9.65. The highest BCUT2D eigenvalue weighted by molar-refractivity contribution is 5.70. The number of hydrogen-bond donors (Lipinski definition) is 2. The van der Waals surface area contributed by atoms with Crippen LogP contribution in [0.5, 0.6) is 11.5 Å². The normalized spacial score (nSPS) is 10.7. The van der Waals surface area contributed by atoms with E-state index < -0.39 is 5.82 Å². The molecular weight excluding hydrogens is 265 g/mol. The molecule has 0 spiro atoms. The minimum atomic E-state index is -0.476. The van der Waals surface area contributed by atoms with Crippen molar-refractivity contribution in [3.05, 3.63) is 42.3 Å². The minimum absolute atomic E-state index is 0.0355. The van der Waals surface area contributed by atoms with Crippen LogP contribution in [-0.2, 0) is 0 Å². The molecule has 2 heterocycles. The summed E-state index contributed by atoms with van der Waals surface area (Å²) < 4.78 is 17.8. The van der Waals surface area contributed by atoms with Crippen molar-refractivity contribution in [3.8, 4) is 34.5 Å². The second-order valence-electron chi connectivity index (χ2n) is 3.96. The fourth-order valence-corrected chi connectivity index (χ4v) is 1.68. The largest absolute Gasteiger partial charge is 0.507 e. The van der Waals surface area contributed by atoms with Gasteiger partial charge in [-0.25, -0.2) is 9.37 Å². The first kappa shape index (κ1) is 12.1. The molecule has 3 aromatic rings. The van der Waals surface area contributed by atoms with Crippen molar-refractivity contribution >= 4 is 0 Å². The maximum absolute atomic E-state index is 12.8. The zero-order chi connectivity index (χ0) is 14.1. The van der Waals surface area contributed by atoms with E-state index in [1.165, 1.54) is 30.3 Å². The van der Waals surface area contributed by atoms with E-state index in [4.69, 9.17) is 4.52 Å². The van der Waals surface area contributed by atoms with Gasteiger partial charge >= 0.3 is 0 Å². The second kappa shape index (κ2) is 4.61. The van der Waals surface area contributed by atoms with Gasteiger partial charge in [0, 0.05) is 0 Å². The summed E-state index contributed by atoms with van der Waals surface area (Å²) in [5.41, 5.74) is 0.352. The number of aromatic nitrogens is 3. The van der Waals surface area contributed by atoms with Crippen molar-refractivity contribution in [2.75, 3.05) is 0 Å². The van der Waals surface area contributed by atoms with Gasteiger partial charge in [-0.1, -0.05) is 11.2 Å². The van der Waals surface area contributed by atoms with E-state index in [1.54, 1.807) is 0 Å². The summed E-state index contributed by atoms with van der Waals surface area (Å²) in [4.78, 5) is 7.83. The summed E-state index contributed by atoms with van der Waals surface area (Å²) >= 11 is 0. The number of rotatable bonds is 2. The van der Waals surface area contributed by atoms with Crippen LogP contribution in [0.15, 0.2) is 41.1 Å². The lowest BCUT2D eigenvalue weighted by Gasteiger charge is -2.00. The van der Waals surface area contributed by atoms with E-state index in [0.717, 1.165) is 6.20 Å². The third-order valence-electron chi connectivity index (χ3n) is 2.62. The van der Waals surface area contributed by atoms with E-state index in [2.05, 4.69) is 15.1 Å². The highest BCUT2D eigenvalue weighted by atomic mass is 19.1. The van der Waals surface area contributed by atoms with Crippen LogP contribution < -0.4 is 0 Å². The van der Waals surface area contributed by atoms with E-state index in [-0.39, 0.29) is 28.8 Å². The number of benzene rings is 1. The molecule has 0 unspecified atom stereocenters. The number of aromatic hydroxyl groups is 2. The van der Waals surface area contributed by atoms with Crippen molar-refractivity contribution in [3.63, 3.8) is 0 Å². The van der Waals surface area contributed by atoms with E-state index >= 15 is 0 Å². The third-order valence-corrected chi connectivity index (χ3v) is 2.62. The lowest BCUT2D eigenvalue weighted by atomic mass is 10.2. The second-order valence-corrected chi connectivity index (χ2v) is 3.96. The Morgan fingerprint density at radius 3 is 2.45 bits per heavy atom. The van der Waals surface area contributed by atoms with Gasteiger partial charge in [0.05, 0.1) is 6.20 Å². The first-order valence-electron chi connectivity index (χ1n) is 5.62. The highest BCUT2D eigenvalue weighted by Crippen LogP contribution is 2.36. The highest BCUT2D eigenvalue weighted by Gasteiger charge is 2.18. The van der Waals surface area contributed by atoms with Crippen LogP contribution in [0.4, 0.5) is 4.39 Å². The van der Waals surface area contributed by atoms with Crippen molar-refractivity contribution < 1.29 is 19.1 Å². The van der Waals surface area contributed by atoms with Gasteiger partial charge in [-0.05, 0) is 24.3 Å². The zero-order valence-corrected chi connectivity index (χ0v) is 9.99. The number of nitrogens with zero attached hydrogens (tertiary/aromatic N) is 3. The van der Waals surface area contributed by atoms with Gasteiger partial charge in [-0.3, -0.25) is 0 Å². The predicted molar refractivity (Wildman–Crippen MR) is 66.3 cm³/mol. The summed E-state index contributed by atoms with van der Waals surface area (Å²) in [6, 6.07) is 6.86. The molecule has 1 aromatic carbocycles. The average Bonchev–Trinajstić information content (AvgIpc) is 2.89. The fourth-order valence-electron chi connectivity index (χ4n) is 1.68. The molecule has 2 N–H and O–H groups in total. The molecule has 20 heavy (non-hydrogen) atoms. The molecule has 0 aliphatic heterocycles. The topological polar surface area (TPSA) is 92.3 Å². The van der Waals surface area contributed by atoms with E-state index in [1.807, 2.05) is 0 Å². The zero-order valence-electron chi connectivity index (χ0n) is 9.99. The van der Waals surface area contributed by atoms with Crippen molar-refractivity contribution in [2.45, 2.75) is 0 Å². The molecule has 3 rings (SSSR count). The molecule has 0 radical (unpaired) electrons. The van der Waals surface area contributed by atoms with E-state index in [0.29, 0.717) is 5.69 Å². The first-order valence-corrected chi connectivity index (χ1v) is 5.62. The van der Waals surface area contributed by atoms with Gasteiger partial charge in [0.15, 0.2) is 0 Å². The van der Waals surface area contributed by atoms with Crippen LogP contribution in [0.2, 0.25) is 0 Å². The van der Waals surface area contributed by atoms with Gasteiger partial charge in [-0.2, -0.15) is 4.98 Å². The fraction of sp³-hybridized carbons (Fsp3) is 0. The Kier molecular flexibility index (Phi) is 2.79. The molecule has 2 aromatic heterocycles. The van der Waals surface area contributed by atoms with Crippen molar-refractivity contribution in [1.82, 2.24) is 15.1 Å². The molecule has 7 heteroatoms. The van der Waals surface area contributed by atoms with Gasteiger partial charge in [0.2, 0.25) is 5.82 Å². The van der Waals surface area contributed by atoms with Crippen LogP contribution in [0.3, 0.4) is 0 Å². The Morgan fingerprint density at radius 1 is 1.05 bits per heavy atom. The number of halogens is 1. The Balaban J connectivity index is 2.04. The summed E-state index contributed by atoms with van der Waals surface area (Å²) in [6.45, 7) is 0. The number of pyridine rings is 1. The Bertz CT molecular complexity index is 736. The van der Waals surface area contributed by atoms with E-state index in [9.17, 15) is 14.6 Å². The summed E-state index contributed by atoms with van der Waals surface area (Å²) in [5, 5.41) is 23.1. The Hall–Kier alpha value is -2.96. The van der Waals surface area contributed by atoms with Crippen LogP contribution >= 0.6 is 0 Å². The van der Waals surface area contributed by atoms with Gasteiger partial charge in [0.1, 0.15) is 28.6 Å². The van der Waals surface area contributed by atoms with Gasteiger partial charge in [-0.15, -0.1) is 0 Å². The molecule has 100 valence electrons. The van der Waals surface area contributed by atoms with Crippen LogP contribution in [0.25, 0.3) is 23.0 Å². The van der Waals surface area contributed by atoms with Gasteiger partial charge < -0.3 is 14.7 Å². The number of phenols is 2. The minimum Gasteiger partial charge on any atom is -0.507 e. The van der Waals surface area contributed by atoms with Crippen molar-refractivity contribution in [1.29, 1.82) is 0 Å². The quantitative estimate of drug-likeness (QED) is 0.744. The standard InChI is InChI=1S/C13H8FN3O3/c14-7-4-5-8(15-6-7)12-16-13(20-17-12)11-9(18)2-1-3-10(11)19/h1-6,18-19H. The smallest absolute Gasteiger partial charge is 0.265 e. The van der Waals surface area contributed by atoms with Crippen LogP contribution in [0, 0.1) is 5.82 Å². The lowest BCUT2D eigenvalue weighted by Crippen LogP contribution is -1.87. The number of hydrogen-bond acceptors (Lipinski definition) is 6. The Morgan fingerprint density at radius 2 is 1.80 bits per heavy atom. The molecule has 0 atom stereocenters. The maximum atomic E-state index is 12.8. The summed E-state index contributed by atoms with van der Waals surface area (Å²) in [7, 11) is 0. The molecule has 0 aliphatic rings. The van der Waals surface area contributed by atoms with Crippen LogP contribution in [-0.4, -0.2) is 25.3 Å². The van der Waals surface area contributed by atoms with Gasteiger partial charge in [0.25, 0.3) is 5.89 Å². The molecule has 0 saturated heterocycles. The van der Waals surface area contributed by atoms with Crippen molar-refractivity contribution in [2.24, 2.45) is 0 Å². The Labute approximate surface area is 112 Å². The molecule has 6 nitrogen and oxygen atoms in total. The summed E-state index contributed by atoms with van der Waals surface area (Å²) in [5.74, 6) is -0.778. The maximum Gasteiger partial charge on any atom is 0.265 e. The lowest BCUT2D eigenvalue weighted by molar-refractivity contribution is 0.415.